The van der Waals surface area contributed by atoms with Gasteiger partial charge in [-0.2, -0.15) is 0 Å². The molecule has 1 aromatic heterocycles. The van der Waals surface area contributed by atoms with Gasteiger partial charge < -0.3 is 10.1 Å². The second kappa shape index (κ2) is 5.58. The van der Waals surface area contributed by atoms with Gasteiger partial charge in [-0.15, -0.1) is 11.3 Å². The Kier molecular flexibility index (Phi) is 3.81. The molecule has 1 saturated heterocycles. The van der Waals surface area contributed by atoms with E-state index in [2.05, 4.69) is 60.9 Å². The first kappa shape index (κ1) is 13.7. The highest BCUT2D eigenvalue weighted by Crippen LogP contribution is 2.33. The van der Waals surface area contributed by atoms with Crippen molar-refractivity contribution in [2.24, 2.45) is 0 Å². The fourth-order valence-electron chi connectivity index (χ4n) is 2.83. The summed E-state index contributed by atoms with van der Waals surface area (Å²) in [4.78, 5) is 1.32. The highest BCUT2D eigenvalue weighted by molar-refractivity contribution is 7.13. The van der Waals surface area contributed by atoms with Crippen LogP contribution >= 0.6 is 11.3 Å². The summed E-state index contributed by atoms with van der Waals surface area (Å²) < 4.78 is 5.80. The number of anilines is 1. The Morgan fingerprint density at radius 3 is 2.80 bits per heavy atom. The Morgan fingerprint density at radius 2 is 2.05 bits per heavy atom. The first-order valence-electron chi connectivity index (χ1n) is 7.17. The molecule has 2 heterocycles. The second-order valence-corrected chi connectivity index (χ2v) is 6.91. The van der Waals surface area contributed by atoms with Crippen LogP contribution in [0.2, 0.25) is 0 Å². The lowest BCUT2D eigenvalue weighted by atomic mass is 9.93. The third-order valence-corrected chi connectivity index (χ3v) is 4.67. The second-order valence-electron chi connectivity index (χ2n) is 5.97. The van der Waals surface area contributed by atoms with E-state index in [0.29, 0.717) is 6.04 Å². The predicted molar refractivity (Wildman–Crippen MR) is 86.4 cm³/mol. The summed E-state index contributed by atoms with van der Waals surface area (Å²) in [6.45, 7) is 5.18. The topological polar surface area (TPSA) is 21.3 Å². The molecular weight excluding hydrogens is 266 g/mol. The SMILES string of the molecule is CC1(C)CC(Nc2ccccc2-c2cccs2)CCO1. The van der Waals surface area contributed by atoms with Crippen molar-refractivity contribution in [3.05, 3.63) is 41.8 Å². The minimum absolute atomic E-state index is 0.0200. The lowest BCUT2D eigenvalue weighted by molar-refractivity contribution is -0.0553. The van der Waals surface area contributed by atoms with Gasteiger partial charge in [0.25, 0.3) is 0 Å². The Bertz CT molecular complexity index is 562. The Hall–Kier alpha value is -1.32. The normalized spacial score (nSPS) is 21.6. The lowest BCUT2D eigenvalue weighted by Crippen LogP contribution is -2.40. The Balaban J connectivity index is 1.81. The molecule has 1 unspecified atom stereocenters. The van der Waals surface area contributed by atoms with Crippen LogP contribution in [0.25, 0.3) is 10.4 Å². The molecule has 1 N–H and O–H groups in total. The average molecular weight is 287 g/mol. The number of hydrogen-bond donors (Lipinski definition) is 1. The van der Waals surface area contributed by atoms with Gasteiger partial charge in [0, 0.05) is 28.8 Å². The van der Waals surface area contributed by atoms with Crippen LogP contribution in [0, 0.1) is 0 Å². The van der Waals surface area contributed by atoms with Crippen molar-refractivity contribution in [3.63, 3.8) is 0 Å². The van der Waals surface area contributed by atoms with Crippen molar-refractivity contribution >= 4 is 17.0 Å². The molecule has 1 aliphatic rings. The number of ether oxygens (including phenoxy) is 1. The Labute approximate surface area is 124 Å². The van der Waals surface area contributed by atoms with Crippen LogP contribution in [-0.2, 0) is 4.74 Å². The molecule has 0 saturated carbocycles. The van der Waals surface area contributed by atoms with Gasteiger partial charge in [0.15, 0.2) is 0 Å². The summed E-state index contributed by atoms with van der Waals surface area (Å²) in [6, 6.07) is 13.3. The van der Waals surface area contributed by atoms with Crippen LogP contribution < -0.4 is 5.32 Å². The van der Waals surface area contributed by atoms with Crippen molar-refractivity contribution < 1.29 is 4.74 Å². The van der Waals surface area contributed by atoms with E-state index in [9.17, 15) is 0 Å². The van der Waals surface area contributed by atoms with Gasteiger partial charge in [-0.3, -0.25) is 0 Å². The van der Waals surface area contributed by atoms with E-state index in [1.807, 2.05) is 0 Å². The van der Waals surface area contributed by atoms with E-state index < -0.39 is 0 Å². The first-order valence-corrected chi connectivity index (χ1v) is 8.05. The van der Waals surface area contributed by atoms with Crippen LogP contribution in [0.5, 0.6) is 0 Å². The van der Waals surface area contributed by atoms with Crippen LogP contribution in [-0.4, -0.2) is 18.2 Å². The summed E-state index contributed by atoms with van der Waals surface area (Å²) in [5, 5.41) is 5.85. The van der Waals surface area contributed by atoms with E-state index in [-0.39, 0.29) is 5.60 Å². The molecule has 0 radical (unpaired) electrons. The smallest absolute Gasteiger partial charge is 0.0646 e. The fourth-order valence-corrected chi connectivity index (χ4v) is 3.60. The average Bonchev–Trinajstić information content (AvgIpc) is 2.92. The summed E-state index contributed by atoms with van der Waals surface area (Å²) in [7, 11) is 0. The minimum atomic E-state index is -0.0200. The zero-order chi connectivity index (χ0) is 14.0. The molecule has 0 aliphatic carbocycles. The van der Waals surface area contributed by atoms with Gasteiger partial charge in [-0.25, -0.2) is 0 Å². The van der Waals surface area contributed by atoms with E-state index in [0.717, 1.165) is 19.4 Å². The maximum absolute atomic E-state index is 5.80. The largest absolute Gasteiger partial charge is 0.382 e. The predicted octanol–water partition coefficient (Wildman–Crippen LogP) is 4.78. The number of rotatable bonds is 3. The molecule has 3 heteroatoms. The van der Waals surface area contributed by atoms with Crippen LogP contribution in [0.4, 0.5) is 5.69 Å². The monoisotopic (exact) mass is 287 g/mol. The van der Waals surface area contributed by atoms with E-state index in [4.69, 9.17) is 4.74 Å². The first-order chi connectivity index (χ1) is 9.64. The molecule has 2 aromatic rings. The number of thiophene rings is 1. The summed E-state index contributed by atoms with van der Waals surface area (Å²) in [5.74, 6) is 0. The number of benzene rings is 1. The maximum atomic E-state index is 5.80. The molecule has 0 bridgehead atoms. The zero-order valence-electron chi connectivity index (χ0n) is 12.1. The van der Waals surface area contributed by atoms with Crippen molar-refractivity contribution in [1.82, 2.24) is 0 Å². The van der Waals surface area contributed by atoms with Crippen molar-refractivity contribution in [2.75, 3.05) is 11.9 Å². The van der Waals surface area contributed by atoms with E-state index in [1.165, 1.54) is 16.1 Å². The van der Waals surface area contributed by atoms with Gasteiger partial charge in [0.05, 0.1) is 5.60 Å². The summed E-state index contributed by atoms with van der Waals surface area (Å²) in [5.41, 5.74) is 2.51. The fraction of sp³-hybridized carbons (Fsp3) is 0.412. The number of para-hydroxylation sites is 1. The molecule has 2 nitrogen and oxygen atoms in total. The molecule has 1 fully saturated rings. The molecular formula is C17H21NOS. The standard InChI is InChI=1S/C17H21NOS/c1-17(2)12-13(9-10-19-17)18-15-7-4-3-6-14(15)16-8-5-11-20-16/h3-8,11,13,18H,9-10,12H2,1-2H3. The molecule has 1 aliphatic heterocycles. The highest BCUT2D eigenvalue weighted by Gasteiger charge is 2.29. The zero-order valence-corrected chi connectivity index (χ0v) is 12.9. The molecule has 20 heavy (non-hydrogen) atoms. The van der Waals surface area contributed by atoms with Gasteiger partial charge in [0.1, 0.15) is 0 Å². The number of hydrogen-bond acceptors (Lipinski definition) is 3. The van der Waals surface area contributed by atoms with E-state index >= 15 is 0 Å². The van der Waals surface area contributed by atoms with Crippen LogP contribution in [0.1, 0.15) is 26.7 Å². The highest BCUT2D eigenvalue weighted by atomic mass is 32.1. The molecule has 0 spiro atoms. The molecule has 106 valence electrons. The van der Waals surface area contributed by atoms with Crippen molar-refractivity contribution in [1.29, 1.82) is 0 Å². The maximum Gasteiger partial charge on any atom is 0.0646 e. The van der Waals surface area contributed by atoms with Gasteiger partial charge in [0.2, 0.25) is 0 Å². The van der Waals surface area contributed by atoms with E-state index in [1.54, 1.807) is 11.3 Å². The third kappa shape index (κ3) is 3.05. The molecule has 3 rings (SSSR count). The van der Waals surface area contributed by atoms with Gasteiger partial charge in [-0.1, -0.05) is 24.3 Å². The van der Waals surface area contributed by atoms with Crippen molar-refractivity contribution in [3.8, 4) is 10.4 Å². The van der Waals surface area contributed by atoms with Gasteiger partial charge >= 0.3 is 0 Å². The third-order valence-electron chi connectivity index (χ3n) is 3.77. The molecule has 0 amide bonds. The number of nitrogens with one attached hydrogen (secondary N) is 1. The Morgan fingerprint density at radius 1 is 1.20 bits per heavy atom. The van der Waals surface area contributed by atoms with Crippen LogP contribution in [0.3, 0.4) is 0 Å². The minimum Gasteiger partial charge on any atom is -0.382 e. The lowest BCUT2D eigenvalue weighted by Gasteiger charge is -2.36. The van der Waals surface area contributed by atoms with Crippen LogP contribution in [0.15, 0.2) is 41.8 Å². The summed E-state index contributed by atoms with van der Waals surface area (Å²) in [6.07, 6.45) is 2.12. The van der Waals surface area contributed by atoms with Crippen molar-refractivity contribution in [2.45, 2.75) is 38.3 Å². The molecule has 1 aromatic carbocycles. The van der Waals surface area contributed by atoms with Gasteiger partial charge in [-0.05, 0) is 44.2 Å². The quantitative estimate of drug-likeness (QED) is 0.876. The summed E-state index contributed by atoms with van der Waals surface area (Å²) >= 11 is 1.79. The molecule has 1 atom stereocenters.